The van der Waals surface area contributed by atoms with E-state index in [-0.39, 0.29) is 12.0 Å². The molecule has 0 spiro atoms. The Bertz CT molecular complexity index is 688. The summed E-state index contributed by atoms with van der Waals surface area (Å²) in [6.07, 6.45) is 8.36. The summed E-state index contributed by atoms with van der Waals surface area (Å²) in [5.74, 6) is 0.208. The molecule has 0 aromatic carbocycles. The number of rotatable bonds is 2. The number of carbonyl (C=O) groups excluding carboxylic acids is 1. The van der Waals surface area contributed by atoms with Crippen molar-refractivity contribution < 1.29 is 9.53 Å². The third-order valence-electron chi connectivity index (χ3n) is 4.43. The molecule has 0 N–H and O–H groups in total. The Balaban J connectivity index is 1.73. The second-order valence-corrected chi connectivity index (χ2v) is 7.48. The quantitative estimate of drug-likeness (QED) is 0.831. The Labute approximate surface area is 143 Å². The summed E-state index contributed by atoms with van der Waals surface area (Å²) in [5, 5.41) is 0. The first-order chi connectivity index (χ1) is 11.3. The highest BCUT2D eigenvalue weighted by Gasteiger charge is 2.30. The Morgan fingerprint density at radius 3 is 2.92 bits per heavy atom. The van der Waals surface area contributed by atoms with E-state index in [1.54, 1.807) is 11.2 Å². The summed E-state index contributed by atoms with van der Waals surface area (Å²) in [6, 6.07) is 0. The normalized spacial score (nSPS) is 20.0. The average molecular weight is 327 g/mol. The molecule has 128 valence electrons. The molecule has 1 atom stereocenters. The van der Waals surface area contributed by atoms with E-state index in [4.69, 9.17) is 4.74 Å². The first-order valence-electron chi connectivity index (χ1n) is 8.52. The lowest BCUT2D eigenvalue weighted by atomic mass is 9.88. The standard InChI is InChI=1S/C19H25N3O2/c1-13(17-15-8-5-9-16(15)20-12-21-17)14-7-6-10-22(11-14)18(23)24-19(2,3)4/h5,8,12,14H,1,6-7,9-11H2,2-4H3. The maximum Gasteiger partial charge on any atom is 0.410 e. The van der Waals surface area contributed by atoms with Crippen molar-refractivity contribution in [3.05, 3.63) is 35.9 Å². The van der Waals surface area contributed by atoms with E-state index < -0.39 is 5.60 Å². The fourth-order valence-corrected chi connectivity index (χ4v) is 3.26. The molecule has 0 bridgehead atoms. The van der Waals surface area contributed by atoms with Crippen LogP contribution in [-0.2, 0) is 11.2 Å². The molecule has 1 fully saturated rings. The SMILES string of the molecule is C=C(c1ncnc2c1C=CC2)C1CCCN(C(=O)OC(C)(C)C)C1. The maximum atomic E-state index is 12.3. The van der Waals surface area contributed by atoms with Gasteiger partial charge in [-0.1, -0.05) is 18.7 Å². The van der Waals surface area contributed by atoms with Crippen LogP contribution in [0, 0.1) is 5.92 Å². The van der Waals surface area contributed by atoms with Crippen molar-refractivity contribution in [3.63, 3.8) is 0 Å². The van der Waals surface area contributed by atoms with Gasteiger partial charge in [-0.3, -0.25) is 0 Å². The van der Waals surface area contributed by atoms with Crippen LogP contribution in [0.5, 0.6) is 0 Å². The number of nitrogens with zero attached hydrogens (tertiary/aromatic N) is 3. The van der Waals surface area contributed by atoms with Crippen molar-refractivity contribution in [1.29, 1.82) is 0 Å². The molecule has 3 rings (SSSR count). The van der Waals surface area contributed by atoms with Gasteiger partial charge in [-0.15, -0.1) is 0 Å². The van der Waals surface area contributed by atoms with E-state index in [1.807, 2.05) is 20.8 Å². The van der Waals surface area contributed by atoms with Crippen LogP contribution < -0.4 is 0 Å². The molecule has 1 aliphatic heterocycles. The number of ether oxygens (including phenoxy) is 1. The van der Waals surface area contributed by atoms with Crippen LogP contribution in [0.4, 0.5) is 4.79 Å². The summed E-state index contributed by atoms with van der Waals surface area (Å²) in [7, 11) is 0. The van der Waals surface area contributed by atoms with E-state index in [0.717, 1.165) is 48.3 Å². The third kappa shape index (κ3) is 3.50. The van der Waals surface area contributed by atoms with Gasteiger partial charge in [-0.25, -0.2) is 14.8 Å². The van der Waals surface area contributed by atoms with Crippen LogP contribution in [0.3, 0.4) is 0 Å². The Kier molecular flexibility index (Phi) is 4.43. The Morgan fingerprint density at radius 1 is 1.38 bits per heavy atom. The van der Waals surface area contributed by atoms with Crippen LogP contribution >= 0.6 is 0 Å². The molecule has 1 amide bonds. The van der Waals surface area contributed by atoms with Gasteiger partial charge in [0.25, 0.3) is 0 Å². The van der Waals surface area contributed by atoms with E-state index >= 15 is 0 Å². The molecule has 2 aliphatic rings. The zero-order valence-electron chi connectivity index (χ0n) is 14.7. The van der Waals surface area contributed by atoms with Crippen LogP contribution in [0.25, 0.3) is 11.6 Å². The van der Waals surface area contributed by atoms with Crippen molar-refractivity contribution >= 4 is 17.7 Å². The number of piperidine rings is 1. The topological polar surface area (TPSA) is 55.3 Å². The maximum absolute atomic E-state index is 12.3. The zero-order valence-corrected chi connectivity index (χ0v) is 14.7. The van der Waals surface area contributed by atoms with E-state index in [1.165, 1.54) is 0 Å². The van der Waals surface area contributed by atoms with Crippen LogP contribution in [0.1, 0.15) is 50.6 Å². The number of amides is 1. The van der Waals surface area contributed by atoms with Gasteiger partial charge in [-0.2, -0.15) is 0 Å². The van der Waals surface area contributed by atoms with Crippen molar-refractivity contribution in [1.82, 2.24) is 14.9 Å². The first-order valence-corrected chi connectivity index (χ1v) is 8.52. The summed E-state index contributed by atoms with van der Waals surface area (Å²) in [5.41, 5.74) is 3.58. The van der Waals surface area contributed by atoms with E-state index in [0.29, 0.717) is 6.54 Å². The lowest BCUT2D eigenvalue weighted by molar-refractivity contribution is 0.0190. The molecule has 5 nitrogen and oxygen atoms in total. The molecule has 1 aliphatic carbocycles. The molecule has 1 saturated heterocycles. The number of likely N-dealkylation sites (tertiary alicyclic amines) is 1. The number of hydrogen-bond acceptors (Lipinski definition) is 4. The van der Waals surface area contributed by atoms with Gasteiger partial charge in [0.1, 0.15) is 11.9 Å². The molecular formula is C19H25N3O2. The lowest BCUT2D eigenvalue weighted by Gasteiger charge is -2.35. The van der Waals surface area contributed by atoms with Crippen molar-refractivity contribution in [2.75, 3.05) is 13.1 Å². The zero-order chi connectivity index (χ0) is 17.3. The molecule has 24 heavy (non-hydrogen) atoms. The highest BCUT2D eigenvalue weighted by molar-refractivity contribution is 5.75. The van der Waals surface area contributed by atoms with E-state index in [9.17, 15) is 4.79 Å². The third-order valence-corrected chi connectivity index (χ3v) is 4.43. The van der Waals surface area contributed by atoms with E-state index in [2.05, 4.69) is 28.7 Å². The fourth-order valence-electron chi connectivity index (χ4n) is 3.26. The average Bonchev–Trinajstić information content (AvgIpc) is 3.01. The molecule has 1 unspecified atom stereocenters. The van der Waals surface area contributed by atoms with Crippen LogP contribution in [0.15, 0.2) is 19.0 Å². The Morgan fingerprint density at radius 2 is 2.17 bits per heavy atom. The number of aromatic nitrogens is 2. The largest absolute Gasteiger partial charge is 0.444 e. The second-order valence-electron chi connectivity index (χ2n) is 7.48. The smallest absolute Gasteiger partial charge is 0.410 e. The lowest BCUT2D eigenvalue weighted by Crippen LogP contribution is -2.43. The van der Waals surface area contributed by atoms with Crippen molar-refractivity contribution in [3.8, 4) is 0 Å². The molecule has 5 heteroatoms. The van der Waals surface area contributed by atoms with Crippen LogP contribution in [0.2, 0.25) is 0 Å². The highest BCUT2D eigenvalue weighted by Crippen LogP contribution is 2.33. The predicted molar refractivity (Wildman–Crippen MR) is 94.3 cm³/mol. The van der Waals surface area contributed by atoms with Gasteiger partial charge < -0.3 is 9.64 Å². The minimum atomic E-state index is -0.473. The minimum Gasteiger partial charge on any atom is -0.444 e. The first kappa shape index (κ1) is 16.7. The monoisotopic (exact) mass is 327 g/mol. The molecule has 1 aromatic rings. The van der Waals surface area contributed by atoms with Crippen LogP contribution in [-0.4, -0.2) is 39.7 Å². The summed E-state index contributed by atoms with van der Waals surface area (Å²) < 4.78 is 5.51. The van der Waals surface area contributed by atoms with Gasteiger partial charge in [0.05, 0.1) is 11.4 Å². The van der Waals surface area contributed by atoms with Crippen molar-refractivity contribution in [2.45, 2.75) is 45.6 Å². The number of hydrogen-bond donors (Lipinski definition) is 0. The summed E-state index contributed by atoms with van der Waals surface area (Å²) in [4.78, 5) is 22.9. The molecule has 2 heterocycles. The van der Waals surface area contributed by atoms with Gasteiger partial charge in [0.2, 0.25) is 0 Å². The summed E-state index contributed by atoms with van der Waals surface area (Å²) >= 11 is 0. The van der Waals surface area contributed by atoms with Gasteiger partial charge in [-0.05, 0) is 39.2 Å². The number of allylic oxidation sites excluding steroid dienone is 1. The second kappa shape index (κ2) is 6.38. The number of carbonyl (C=O) groups is 1. The molecule has 0 radical (unpaired) electrons. The van der Waals surface area contributed by atoms with Gasteiger partial charge in [0, 0.05) is 31.0 Å². The predicted octanol–water partition coefficient (Wildman–Crippen LogP) is 3.71. The number of fused-ring (bicyclic) bond motifs is 1. The Hall–Kier alpha value is -2.17. The fraction of sp³-hybridized carbons (Fsp3) is 0.526. The highest BCUT2D eigenvalue weighted by atomic mass is 16.6. The van der Waals surface area contributed by atoms with Gasteiger partial charge >= 0.3 is 6.09 Å². The van der Waals surface area contributed by atoms with Crippen molar-refractivity contribution in [2.24, 2.45) is 5.92 Å². The molecule has 1 aromatic heterocycles. The minimum absolute atomic E-state index is 0.208. The summed E-state index contributed by atoms with van der Waals surface area (Å²) in [6.45, 7) is 11.3. The van der Waals surface area contributed by atoms with Gasteiger partial charge in [0.15, 0.2) is 0 Å². The molecular weight excluding hydrogens is 302 g/mol. The molecule has 0 saturated carbocycles.